The summed E-state index contributed by atoms with van der Waals surface area (Å²) in [7, 11) is 3.46. The fourth-order valence-electron chi connectivity index (χ4n) is 1.52. The summed E-state index contributed by atoms with van der Waals surface area (Å²) in [5.74, 6) is 5.06. The average molecular weight is 266 g/mol. The van der Waals surface area contributed by atoms with Gasteiger partial charge >= 0.3 is 0 Å². The molecule has 1 fully saturated rings. The van der Waals surface area contributed by atoms with Gasteiger partial charge in [0.15, 0.2) is 11.5 Å². The van der Waals surface area contributed by atoms with Crippen LogP contribution in [0.25, 0.3) is 0 Å². The van der Waals surface area contributed by atoms with Crippen LogP contribution in [0.15, 0.2) is 21.7 Å². The van der Waals surface area contributed by atoms with Gasteiger partial charge in [-0.1, -0.05) is 0 Å². The van der Waals surface area contributed by atoms with E-state index in [1.807, 2.05) is 6.07 Å². The first-order chi connectivity index (χ1) is 9.10. The molecule has 1 saturated heterocycles. The van der Waals surface area contributed by atoms with Crippen LogP contribution in [0.2, 0.25) is 0 Å². The van der Waals surface area contributed by atoms with Crippen LogP contribution in [0.3, 0.4) is 0 Å². The number of aliphatic hydroxyl groups excluding tert-OH is 1. The highest BCUT2D eigenvalue weighted by Gasteiger charge is 2.18. The molecule has 8 heteroatoms. The number of rotatable bonds is 3. The van der Waals surface area contributed by atoms with Crippen LogP contribution in [0, 0.1) is 11.3 Å². The van der Waals surface area contributed by atoms with Crippen molar-refractivity contribution in [1.82, 2.24) is 9.80 Å². The highest BCUT2D eigenvalue weighted by molar-refractivity contribution is 6.29. The molecule has 3 N–H and O–H groups in total. The molecule has 0 unspecified atom stereocenters. The quantitative estimate of drug-likeness (QED) is 0.177. The summed E-state index contributed by atoms with van der Waals surface area (Å²) in [4.78, 5) is 7.31. The molecular formula is C11H18N6O2. The molecule has 0 aromatic carbocycles. The van der Waals surface area contributed by atoms with Crippen molar-refractivity contribution >= 4 is 12.1 Å². The predicted octanol–water partition coefficient (Wildman–Crippen LogP) is -0.526. The second-order valence-electron chi connectivity index (χ2n) is 4.03. The Labute approximate surface area is 112 Å². The van der Waals surface area contributed by atoms with E-state index in [0.717, 1.165) is 0 Å². The van der Waals surface area contributed by atoms with Gasteiger partial charge in [0.05, 0.1) is 19.4 Å². The normalized spacial score (nSPS) is 18.2. The van der Waals surface area contributed by atoms with Crippen LogP contribution >= 0.6 is 0 Å². The van der Waals surface area contributed by atoms with Crippen molar-refractivity contribution in [2.24, 2.45) is 15.9 Å². The first-order valence-electron chi connectivity index (χ1n) is 5.75. The van der Waals surface area contributed by atoms with Gasteiger partial charge in [-0.15, -0.1) is 0 Å². The molecule has 104 valence electrons. The third kappa shape index (κ3) is 4.15. The highest BCUT2D eigenvalue weighted by atomic mass is 16.5. The molecule has 1 rings (SSSR count). The first-order valence-corrected chi connectivity index (χ1v) is 5.75. The maximum absolute atomic E-state index is 9.97. The zero-order valence-corrected chi connectivity index (χ0v) is 11.1. The number of nitrogens with two attached hydrogens (primary N) is 1. The predicted molar refractivity (Wildman–Crippen MR) is 71.5 cm³/mol. The minimum atomic E-state index is -0.354. The summed E-state index contributed by atoms with van der Waals surface area (Å²) in [6.07, 6.45) is 1.30. The topological polar surface area (TPSA) is 110 Å². The monoisotopic (exact) mass is 266 g/mol. The SMILES string of the molecule is CN(C)C(C=NN)=NC(O)=C(C#N)N1CCOCC1. The zero-order chi connectivity index (χ0) is 14.3. The van der Waals surface area contributed by atoms with Gasteiger partial charge in [0.2, 0.25) is 5.88 Å². The number of hydrogen-bond acceptors (Lipinski definition) is 7. The van der Waals surface area contributed by atoms with Gasteiger partial charge in [0.25, 0.3) is 0 Å². The number of nitrogens with zero attached hydrogens (tertiary/aromatic N) is 5. The first kappa shape index (κ1) is 14.8. The number of morpholine rings is 1. The third-order valence-electron chi connectivity index (χ3n) is 2.51. The Bertz CT molecular complexity index is 429. The largest absolute Gasteiger partial charge is 0.491 e. The number of nitriles is 1. The second kappa shape index (κ2) is 7.23. The van der Waals surface area contributed by atoms with Crippen molar-refractivity contribution in [1.29, 1.82) is 5.26 Å². The number of hydrazone groups is 1. The van der Waals surface area contributed by atoms with E-state index in [9.17, 15) is 5.11 Å². The number of aliphatic hydroxyl groups is 1. The minimum Gasteiger partial charge on any atom is -0.491 e. The maximum atomic E-state index is 9.97. The lowest BCUT2D eigenvalue weighted by atomic mass is 10.3. The van der Waals surface area contributed by atoms with Crippen LogP contribution in [0.4, 0.5) is 0 Å². The number of ether oxygens (including phenoxy) is 1. The Morgan fingerprint density at radius 2 is 2.11 bits per heavy atom. The van der Waals surface area contributed by atoms with Gasteiger partial charge < -0.3 is 25.5 Å². The van der Waals surface area contributed by atoms with Gasteiger partial charge in [0, 0.05) is 27.2 Å². The van der Waals surface area contributed by atoms with Crippen molar-refractivity contribution in [2.45, 2.75) is 0 Å². The summed E-state index contributed by atoms with van der Waals surface area (Å²) < 4.78 is 5.19. The van der Waals surface area contributed by atoms with Gasteiger partial charge in [-0.2, -0.15) is 15.4 Å². The number of allylic oxidation sites excluding steroid dienone is 1. The van der Waals surface area contributed by atoms with Gasteiger partial charge in [-0.3, -0.25) is 0 Å². The molecule has 0 bridgehead atoms. The van der Waals surface area contributed by atoms with E-state index >= 15 is 0 Å². The molecule has 1 heterocycles. The molecule has 0 aromatic heterocycles. The lowest BCUT2D eigenvalue weighted by Crippen LogP contribution is -2.36. The van der Waals surface area contributed by atoms with Crippen LogP contribution < -0.4 is 5.84 Å². The van der Waals surface area contributed by atoms with Crippen LogP contribution in [-0.2, 0) is 4.74 Å². The Morgan fingerprint density at radius 3 is 2.58 bits per heavy atom. The molecule has 0 saturated carbocycles. The fourth-order valence-corrected chi connectivity index (χ4v) is 1.52. The molecule has 0 spiro atoms. The average Bonchev–Trinajstić information content (AvgIpc) is 2.40. The van der Waals surface area contributed by atoms with E-state index in [1.165, 1.54) is 6.21 Å². The number of amidine groups is 1. The highest BCUT2D eigenvalue weighted by Crippen LogP contribution is 2.11. The molecule has 0 aromatic rings. The Kier molecular flexibility index (Phi) is 5.63. The van der Waals surface area contributed by atoms with Crippen LogP contribution in [0.5, 0.6) is 0 Å². The molecule has 0 aliphatic carbocycles. The van der Waals surface area contributed by atoms with E-state index < -0.39 is 0 Å². The Morgan fingerprint density at radius 1 is 1.47 bits per heavy atom. The van der Waals surface area contributed by atoms with Crippen molar-refractivity contribution < 1.29 is 9.84 Å². The molecule has 0 radical (unpaired) electrons. The summed E-state index contributed by atoms with van der Waals surface area (Å²) in [5, 5.41) is 22.5. The van der Waals surface area contributed by atoms with E-state index in [-0.39, 0.29) is 11.6 Å². The van der Waals surface area contributed by atoms with Crippen LogP contribution in [0.1, 0.15) is 0 Å². The van der Waals surface area contributed by atoms with Gasteiger partial charge in [-0.05, 0) is 0 Å². The lowest BCUT2D eigenvalue weighted by molar-refractivity contribution is 0.0538. The number of hydrogen-bond donors (Lipinski definition) is 2. The van der Waals surface area contributed by atoms with Crippen molar-refractivity contribution in [3.63, 3.8) is 0 Å². The maximum Gasteiger partial charge on any atom is 0.248 e. The second-order valence-corrected chi connectivity index (χ2v) is 4.03. The van der Waals surface area contributed by atoms with Gasteiger partial charge in [-0.25, -0.2) is 0 Å². The third-order valence-corrected chi connectivity index (χ3v) is 2.51. The van der Waals surface area contributed by atoms with Crippen molar-refractivity contribution in [3.8, 4) is 6.07 Å². The Balaban J connectivity index is 3.02. The molecule has 19 heavy (non-hydrogen) atoms. The van der Waals surface area contributed by atoms with Gasteiger partial charge in [0.1, 0.15) is 6.07 Å². The van der Waals surface area contributed by atoms with E-state index in [2.05, 4.69) is 10.1 Å². The molecule has 0 amide bonds. The summed E-state index contributed by atoms with van der Waals surface area (Å²) >= 11 is 0. The molecule has 0 atom stereocenters. The molecule has 1 aliphatic heterocycles. The molecular weight excluding hydrogens is 248 g/mol. The summed E-state index contributed by atoms with van der Waals surface area (Å²) in [5.41, 5.74) is 0.119. The smallest absolute Gasteiger partial charge is 0.248 e. The molecule has 1 aliphatic rings. The van der Waals surface area contributed by atoms with Crippen LogP contribution in [-0.4, -0.2) is 67.4 Å². The zero-order valence-electron chi connectivity index (χ0n) is 11.1. The van der Waals surface area contributed by atoms with Crippen molar-refractivity contribution in [3.05, 3.63) is 11.6 Å². The van der Waals surface area contributed by atoms with E-state index in [4.69, 9.17) is 15.8 Å². The van der Waals surface area contributed by atoms with E-state index in [1.54, 1.807) is 23.9 Å². The summed E-state index contributed by atoms with van der Waals surface area (Å²) in [6.45, 7) is 2.13. The van der Waals surface area contributed by atoms with E-state index in [0.29, 0.717) is 32.1 Å². The fraction of sp³-hybridized carbons (Fsp3) is 0.545. The lowest BCUT2D eigenvalue weighted by Gasteiger charge is -2.27. The number of aliphatic imine (C=N–C) groups is 1. The van der Waals surface area contributed by atoms with Crippen molar-refractivity contribution in [2.75, 3.05) is 40.4 Å². The standard InChI is InChI=1S/C11H18N6O2/c1-16(2)10(8-14-13)15-11(18)9(7-12)17-3-5-19-6-4-17/h8,18H,3-6,13H2,1-2H3. The Hall–Kier alpha value is -2.27. The molecule has 8 nitrogen and oxygen atoms in total. The minimum absolute atomic E-state index is 0.119. The summed E-state index contributed by atoms with van der Waals surface area (Å²) in [6, 6.07) is 1.96.